The Bertz CT molecular complexity index is 1020. The Morgan fingerprint density at radius 2 is 1.32 bits per heavy atom. The van der Waals surface area contributed by atoms with Crippen LogP contribution in [0.15, 0.2) is 97.1 Å². The van der Waals surface area contributed by atoms with E-state index >= 15 is 0 Å². The summed E-state index contributed by atoms with van der Waals surface area (Å²) in [5.41, 5.74) is 4.30. The second-order valence-corrected chi connectivity index (χ2v) is 6.65. The first-order valence-electron chi connectivity index (χ1n) is 9.25. The fourth-order valence-corrected chi connectivity index (χ4v) is 3.27. The molecule has 0 saturated carbocycles. The molecule has 1 heterocycles. The van der Waals surface area contributed by atoms with E-state index in [0.717, 1.165) is 22.5 Å². The summed E-state index contributed by atoms with van der Waals surface area (Å²) in [4.78, 5) is 13.0. The molecule has 1 N–H and O–H groups in total. The van der Waals surface area contributed by atoms with Gasteiger partial charge in [0.1, 0.15) is 0 Å². The van der Waals surface area contributed by atoms with E-state index in [4.69, 9.17) is 0 Å². The second-order valence-electron chi connectivity index (χ2n) is 6.65. The molecule has 1 amide bonds. The number of hydrogen-bond donors (Lipinski definition) is 1. The number of aryl methyl sites for hydroxylation is 1. The summed E-state index contributed by atoms with van der Waals surface area (Å²) >= 11 is 0. The number of nitrogens with one attached hydrogen (secondary N) is 1. The zero-order chi connectivity index (χ0) is 19.3. The molecule has 0 aliphatic rings. The van der Waals surface area contributed by atoms with Crippen LogP contribution in [0.2, 0.25) is 0 Å². The second kappa shape index (κ2) is 7.92. The molecule has 28 heavy (non-hydrogen) atoms. The van der Waals surface area contributed by atoms with Gasteiger partial charge in [-0.05, 0) is 36.2 Å². The third-order valence-corrected chi connectivity index (χ3v) is 4.66. The van der Waals surface area contributed by atoms with Crippen molar-refractivity contribution < 1.29 is 4.79 Å². The fourth-order valence-electron chi connectivity index (χ4n) is 3.27. The molecular formula is C24H21N3O. The molecule has 0 unspecified atom stereocenters. The molecular weight excluding hydrogens is 346 g/mol. The van der Waals surface area contributed by atoms with Crippen molar-refractivity contribution in [3.05, 3.63) is 120 Å². The van der Waals surface area contributed by atoms with Gasteiger partial charge in [-0.1, -0.05) is 78.9 Å². The van der Waals surface area contributed by atoms with Gasteiger partial charge in [0, 0.05) is 5.69 Å². The summed E-state index contributed by atoms with van der Waals surface area (Å²) in [6.07, 6.45) is 0. The van der Waals surface area contributed by atoms with Crippen molar-refractivity contribution in [2.24, 2.45) is 0 Å². The van der Waals surface area contributed by atoms with Gasteiger partial charge in [-0.2, -0.15) is 5.10 Å². The largest absolute Gasteiger partial charge is 0.340 e. The van der Waals surface area contributed by atoms with Gasteiger partial charge in [-0.3, -0.25) is 4.79 Å². The Kier molecular flexibility index (Phi) is 5.02. The molecule has 0 aliphatic carbocycles. The molecule has 0 saturated heterocycles. The highest BCUT2D eigenvalue weighted by molar-refractivity contribution is 5.93. The fraction of sp³-hybridized carbons (Fsp3) is 0.0833. The highest BCUT2D eigenvalue weighted by atomic mass is 16.2. The summed E-state index contributed by atoms with van der Waals surface area (Å²) in [6.45, 7) is 1.95. The SMILES string of the molecule is Cc1cc(C(=O)NC(c2ccccc2)c2ccccc2)nn1-c1ccccc1. The molecule has 0 atom stereocenters. The van der Waals surface area contributed by atoms with Crippen LogP contribution in [0.4, 0.5) is 0 Å². The van der Waals surface area contributed by atoms with Gasteiger partial charge in [0.2, 0.25) is 0 Å². The summed E-state index contributed by atoms with van der Waals surface area (Å²) in [7, 11) is 0. The van der Waals surface area contributed by atoms with E-state index < -0.39 is 0 Å². The minimum atomic E-state index is -0.239. The molecule has 0 radical (unpaired) electrons. The molecule has 4 heteroatoms. The maximum Gasteiger partial charge on any atom is 0.272 e. The number of carbonyl (C=O) groups is 1. The van der Waals surface area contributed by atoms with Gasteiger partial charge in [0.05, 0.1) is 11.7 Å². The average molecular weight is 367 g/mol. The number of nitrogens with zero attached hydrogens (tertiary/aromatic N) is 2. The Morgan fingerprint density at radius 3 is 1.86 bits per heavy atom. The van der Waals surface area contributed by atoms with E-state index in [1.165, 1.54) is 0 Å². The topological polar surface area (TPSA) is 46.9 Å². The first-order valence-corrected chi connectivity index (χ1v) is 9.25. The van der Waals surface area contributed by atoms with Crippen LogP contribution in [0, 0.1) is 6.92 Å². The zero-order valence-corrected chi connectivity index (χ0v) is 15.6. The lowest BCUT2D eigenvalue weighted by molar-refractivity contribution is 0.0937. The smallest absolute Gasteiger partial charge is 0.272 e. The van der Waals surface area contributed by atoms with E-state index in [0.29, 0.717) is 5.69 Å². The Balaban J connectivity index is 1.64. The predicted octanol–water partition coefficient (Wildman–Crippen LogP) is 4.70. The lowest BCUT2D eigenvalue weighted by Gasteiger charge is -2.19. The number of carbonyl (C=O) groups excluding carboxylic acids is 1. The molecule has 0 bridgehead atoms. The Hall–Kier alpha value is -3.66. The van der Waals surface area contributed by atoms with Crippen LogP contribution >= 0.6 is 0 Å². The molecule has 138 valence electrons. The predicted molar refractivity (Wildman–Crippen MR) is 110 cm³/mol. The van der Waals surface area contributed by atoms with Gasteiger partial charge in [-0.25, -0.2) is 4.68 Å². The van der Waals surface area contributed by atoms with Crippen LogP contribution in [-0.4, -0.2) is 15.7 Å². The molecule has 4 rings (SSSR count). The lowest BCUT2D eigenvalue weighted by Crippen LogP contribution is -2.29. The third-order valence-electron chi connectivity index (χ3n) is 4.66. The molecule has 4 nitrogen and oxygen atoms in total. The van der Waals surface area contributed by atoms with Crippen molar-refractivity contribution >= 4 is 5.91 Å². The van der Waals surface area contributed by atoms with Crippen LogP contribution in [0.1, 0.15) is 33.4 Å². The maximum atomic E-state index is 13.0. The lowest BCUT2D eigenvalue weighted by atomic mass is 9.98. The van der Waals surface area contributed by atoms with Crippen LogP contribution in [0.5, 0.6) is 0 Å². The van der Waals surface area contributed by atoms with E-state index in [2.05, 4.69) is 10.4 Å². The van der Waals surface area contributed by atoms with Crippen molar-refractivity contribution in [2.75, 3.05) is 0 Å². The van der Waals surface area contributed by atoms with Gasteiger partial charge < -0.3 is 5.32 Å². The standard InChI is InChI=1S/C24H21N3O/c1-18-17-22(26-27(18)21-15-9-4-10-16-21)24(28)25-23(19-11-5-2-6-12-19)20-13-7-3-8-14-20/h2-17,23H,1H3,(H,25,28). The molecule has 1 aromatic heterocycles. The highest BCUT2D eigenvalue weighted by Crippen LogP contribution is 2.22. The molecule has 0 aliphatic heterocycles. The molecule has 0 fully saturated rings. The van der Waals surface area contributed by atoms with Crippen molar-refractivity contribution in [1.82, 2.24) is 15.1 Å². The third kappa shape index (κ3) is 3.71. The number of hydrogen-bond acceptors (Lipinski definition) is 2. The Morgan fingerprint density at radius 1 is 0.821 bits per heavy atom. The summed E-state index contributed by atoms with van der Waals surface area (Å²) < 4.78 is 1.79. The monoisotopic (exact) mass is 367 g/mol. The van der Waals surface area contributed by atoms with Gasteiger partial charge in [-0.15, -0.1) is 0 Å². The van der Waals surface area contributed by atoms with Crippen molar-refractivity contribution in [1.29, 1.82) is 0 Å². The molecule has 0 spiro atoms. The van der Waals surface area contributed by atoms with Crippen molar-refractivity contribution in [3.8, 4) is 5.69 Å². The van der Waals surface area contributed by atoms with Gasteiger partial charge in [0.25, 0.3) is 5.91 Å². The first-order chi connectivity index (χ1) is 13.7. The van der Waals surface area contributed by atoms with Crippen molar-refractivity contribution in [3.63, 3.8) is 0 Å². The maximum absolute atomic E-state index is 13.0. The molecule has 4 aromatic rings. The summed E-state index contributed by atoms with van der Waals surface area (Å²) in [6, 6.07) is 31.3. The summed E-state index contributed by atoms with van der Waals surface area (Å²) in [5.74, 6) is -0.199. The minimum absolute atomic E-state index is 0.199. The highest BCUT2D eigenvalue weighted by Gasteiger charge is 2.20. The number of benzene rings is 3. The van der Waals surface area contributed by atoms with Crippen LogP contribution in [0.25, 0.3) is 5.69 Å². The van der Waals surface area contributed by atoms with Crippen LogP contribution in [-0.2, 0) is 0 Å². The average Bonchev–Trinajstić information content (AvgIpc) is 3.15. The summed E-state index contributed by atoms with van der Waals surface area (Å²) in [5, 5.41) is 7.67. The zero-order valence-electron chi connectivity index (χ0n) is 15.6. The van der Waals surface area contributed by atoms with Gasteiger partial charge >= 0.3 is 0 Å². The number of aromatic nitrogens is 2. The van der Waals surface area contributed by atoms with Crippen molar-refractivity contribution in [2.45, 2.75) is 13.0 Å². The number of amides is 1. The van der Waals surface area contributed by atoms with E-state index in [-0.39, 0.29) is 11.9 Å². The Labute approximate surface area is 164 Å². The van der Waals surface area contributed by atoms with E-state index in [1.807, 2.05) is 104 Å². The van der Waals surface area contributed by atoms with Crippen LogP contribution < -0.4 is 5.32 Å². The quantitative estimate of drug-likeness (QED) is 0.556. The molecule has 3 aromatic carbocycles. The van der Waals surface area contributed by atoms with Crippen LogP contribution in [0.3, 0.4) is 0 Å². The number of para-hydroxylation sites is 1. The minimum Gasteiger partial charge on any atom is -0.340 e. The van der Waals surface area contributed by atoms with E-state index in [1.54, 1.807) is 4.68 Å². The van der Waals surface area contributed by atoms with Gasteiger partial charge in [0.15, 0.2) is 5.69 Å². The normalized spacial score (nSPS) is 10.8. The first kappa shape index (κ1) is 17.7. The number of rotatable bonds is 5. The van der Waals surface area contributed by atoms with E-state index in [9.17, 15) is 4.79 Å².